The maximum Gasteiger partial charge on any atom is 0.388 e. The number of rotatable bonds is 15. The molecular formula is C35H33ClF5N6O15PS. The number of carbonyl (C=O) groups is 5. The number of urea groups is 1. The number of nitrogens with one attached hydrogen (secondary N) is 3. The van der Waals surface area contributed by atoms with Crippen molar-refractivity contribution in [1.82, 2.24) is 20.0 Å². The normalized spacial score (nSPS) is 14.0. The fourth-order valence-corrected chi connectivity index (χ4v) is 6.92. The van der Waals surface area contributed by atoms with E-state index >= 15 is 0 Å². The molecule has 29 heteroatoms. The molecule has 1 atom stereocenters. The molecule has 3 aromatic rings. The number of terminal acetylenes is 1. The minimum atomic E-state index is -4.71. The SMILES string of the molecule is C#CC(C)Oc1cc(N2C(=O)C3=C(CCCC3)C2=O)c(F)cc1Cl.O=C(Nc1nc(OC(F)F)cc(OC(F)F)n1)NS(=O)(=O)c1ccccc1C(=O)O.O=C(O)CNCP(=O)(O)O. The van der Waals surface area contributed by atoms with Gasteiger partial charge in [-0.1, -0.05) is 29.7 Å². The molecule has 21 nitrogen and oxygen atoms in total. The van der Waals surface area contributed by atoms with Gasteiger partial charge < -0.3 is 34.2 Å². The summed E-state index contributed by atoms with van der Waals surface area (Å²) in [6.07, 6.45) is 6.87. The second kappa shape index (κ2) is 22.8. The van der Waals surface area contributed by atoms with Crippen LogP contribution in [-0.2, 0) is 29.0 Å². The van der Waals surface area contributed by atoms with E-state index in [1.54, 1.807) is 12.2 Å². The Hall–Kier alpha value is -6.43. The fourth-order valence-electron chi connectivity index (χ4n) is 5.22. The molecule has 1 aromatic heterocycles. The number of carboxylic acids is 2. The molecule has 4 amide bonds. The average Bonchev–Trinajstić information content (AvgIpc) is 3.43. The number of halogens is 6. The third kappa shape index (κ3) is 15.4. The van der Waals surface area contributed by atoms with Crippen molar-refractivity contribution in [2.45, 2.75) is 56.8 Å². The van der Waals surface area contributed by atoms with Crippen LogP contribution in [0.3, 0.4) is 0 Å². The highest BCUT2D eigenvalue weighted by Gasteiger charge is 2.41. The molecule has 7 N–H and O–H groups in total. The van der Waals surface area contributed by atoms with Gasteiger partial charge in [0.05, 0.1) is 35.2 Å². The van der Waals surface area contributed by atoms with Crippen LogP contribution in [0.15, 0.2) is 58.5 Å². The summed E-state index contributed by atoms with van der Waals surface area (Å²) in [4.78, 5) is 81.0. The molecule has 1 aliphatic carbocycles. The van der Waals surface area contributed by atoms with Gasteiger partial charge in [0, 0.05) is 17.2 Å². The zero-order valence-corrected chi connectivity index (χ0v) is 34.8. The summed E-state index contributed by atoms with van der Waals surface area (Å²) in [6, 6.07) is 5.50. The average molecular weight is 971 g/mol. The predicted molar refractivity (Wildman–Crippen MR) is 209 cm³/mol. The third-order valence-corrected chi connectivity index (χ3v) is 10.0. The van der Waals surface area contributed by atoms with Crippen LogP contribution in [0.1, 0.15) is 43.0 Å². The molecular weight excluding hydrogens is 938 g/mol. The van der Waals surface area contributed by atoms with E-state index in [-0.39, 0.29) is 16.5 Å². The van der Waals surface area contributed by atoms with Gasteiger partial charge in [-0.05, 0) is 50.8 Å². The van der Waals surface area contributed by atoms with Crippen molar-refractivity contribution < 1.29 is 93.1 Å². The molecule has 2 heterocycles. The van der Waals surface area contributed by atoms with Gasteiger partial charge >= 0.3 is 38.8 Å². The maximum atomic E-state index is 14.4. The molecule has 1 unspecified atom stereocenters. The zero-order chi connectivity index (χ0) is 48.1. The van der Waals surface area contributed by atoms with Crippen LogP contribution < -0.4 is 34.5 Å². The summed E-state index contributed by atoms with van der Waals surface area (Å²) in [6.45, 7) is -5.63. The Balaban J connectivity index is 0.000000285. The molecule has 346 valence electrons. The molecule has 0 radical (unpaired) electrons. The van der Waals surface area contributed by atoms with E-state index in [9.17, 15) is 58.9 Å². The van der Waals surface area contributed by atoms with E-state index in [1.165, 1.54) is 22.9 Å². The van der Waals surface area contributed by atoms with Crippen molar-refractivity contribution in [2.75, 3.05) is 23.0 Å². The van der Waals surface area contributed by atoms with Crippen molar-refractivity contribution in [3.05, 3.63) is 70.0 Å². The lowest BCUT2D eigenvalue weighted by Gasteiger charge is -2.19. The first-order valence-electron chi connectivity index (χ1n) is 17.5. The number of alkyl halides is 4. The van der Waals surface area contributed by atoms with Gasteiger partial charge in [0.1, 0.15) is 16.5 Å². The number of aliphatic carboxylic acids is 1. The van der Waals surface area contributed by atoms with Gasteiger partial charge in [-0.3, -0.25) is 29.6 Å². The first kappa shape index (κ1) is 51.9. The molecule has 2 aliphatic rings. The molecule has 0 saturated carbocycles. The number of nitrogens with zero attached hydrogens (tertiary/aromatic N) is 3. The monoisotopic (exact) mass is 970 g/mol. The number of anilines is 2. The van der Waals surface area contributed by atoms with E-state index in [0.717, 1.165) is 35.9 Å². The summed E-state index contributed by atoms with van der Waals surface area (Å²) in [7, 11) is -8.81. The lowest BCUT2D eigenvalue weighted by molar-refractivity contribution is -0.136. The number of aromatic nitrogens is 2. The lowest BCUT2D eigenvalue weighted by Crippen LogP contribution is -2.35. The van der Waals surface area contributed by atoms with Crippen LogP contribution in [0, 0.1) is 18.2 Å². The van der Waals surface area contributed by atoms with Crippen LogP contribution in [0.25, 0.3) is 0 Å². The number of ether oxygens (including phenoxy) is 3. The quantitative estimate of drug-likeness (QED) is 0.0483. The topological polar surface area (TPSA) is 310 Å². The molecule has 0 bridgehead atoms. The van der Waals surface area contributed by atoms with Gasteiger partial charge in [-0.2, -0.15) is 27.5 Å². The largest absolute Gasteiger partial charge is 0.480 e. The molecule has 5 rings (SSSR count). The van der Waals surface area contributed by atoms with Crippen molar-refractivity contribution >= 4 is 70.6 Å². The number of carbonyl (C=O) groups excluding carboxylic acids is 3. The van der Waals surface area contributed by atoms with Crippen molar-refractivity contribution in [2.24, 2.45) is 0 Å². The van der Waals surface area contributed by atoms with Crippen LogP contribution in [0.5, 0.6) is 17.5 Å². The molecule has 64 heavy (non-hydrogen) atoms. The number of hydrogen-bond donors (Lipinski definition) is 7. The molecule has 0 saturated heterocycles. The Kier molecular flexibility index (Phi) is 18.5. The van der Waals surface area contributed by atoms with Gasteiger partial charge in [-0.15, -0.1) is 6.42 Å². The number of aromatic carboxylic acids is 1. The second-order valence-electron chi connectivity index (χ2n) is 12.4. The number of benzene rings is 2. The van der Waals surface area contributed by atoms with Crippen molar-refractivity contribution in [3.63, 3.8) is 0 Å². The van der Waals surface area contributed by atoms with E-state index in [2.05, 4.69) is 30.7 Å². The van der Waals surface area contributed by atoms with Crippen molar-refractivity contribution in [3.8, 4) is 29.9 Å². The van der Waals surface area contributed by atoms with Crippen LogP contribution >= 0.6 is 19.2 Å². The zero-order valence-electron chi connectivity index (χ0n) is 32.3. The minimum absolute atomic E-state index is 0.0233. The first-order valence-corrected chi connectivity index (χ1v) is 21.1. The lowest BCUT2D eigenvalue weighted by atomic mass is 9.93. The van der Waals surface area contributed by atoms with E-state index in [0.29, 0.717) is 30.1 Å². The Bertz CT molecular complexity index is 2450. The summed E-state index contributed by atoms with van der Waals surface area (Å²) in [5.41, 5.74) is 0.164. The summed E-state index contributed by atoms with van der Waals surface area (Å²) in [5.74, 6) is -4.79. The number of carboxylic acid groups (broad SMARTS) is 2. The van der Waals surface area contributed by atoms with Gasteiger partial charge in [0.25, 0.3) is 21.8 Å². The first-order chi connectivity index (χ1) is 29.8. The molecule has 0 spiro atoms. The van der Waals surface area contributed by atoms with Gasteiger partial charge in [0.2, 0.25) is 17.7 Å². The smallest absolute Gasteiger partial charge is 0.388 e. The van der Waals surface area contributed by atoms with Crippen LogP contribution in [0.2, 0.25) is 5.02 Å². The number of sulfonamides is 1. The van der Waals surface area contributed by atoms with E-state index in [1.807, 2.05) is 0 Å². The Morgan fingerprint density at radius 1 is 0.953 bits per heavy atom. The maximum absolute atomic E-state index is 14.4. The summed E-state index contributed by atoms with van der Waals surface area (Å²) < 4.78 is 113. The standard InChI is InChI=1S/C18H15ClFNO3.C14H10F4N4O7S.C3H8NO5P/c1-3-10(2)24-16-9-15(14(20)8-13(16)19)21-17(22)11-6-4-5-7-12(11)18(21)23;15-11(16)28-8-5-9(29-12(17)18)20-13(19-8)21-14(25)22-30(26,27)7-4-2-1-3-6(7)10(23)24;5-3(6)1-4-2-10(7,8)9/h1,8-10H,4-7H2,2H3;1-5,11-12H,(H,23,24)(H2,19,20,21,22,25);4H,1-2H2,(H,5,6)(H2,7,8,9). The van der Waals surface area contributed by atoms with Crippen molar-refractivity contribution in [1.29, 1.82) is 0 Å². The van der Waals surface area contributed by atoms with Gasteiger partial charge in [0.15, 0.2) is 6.10 Å². The Morgan fingerprint density at radius 2 is 1.50 bits per heavy atom. The predicted octanol–water partition coefficient (Wildman–Crippen LogP) is 4.31. The molecule has 2 aromatic carbocycles. The van der Waals surface area contributed by atoms with E-state index in [4.69, 9.17) is 42.8 Å². The summed E-state index contributed by atoms with van der Waals surface area (Å²) in [5, 5.41) is 20.8. The Morgan fingerprint density at radius 3 is 1.98 bits per heavy atom. The Labute approximate surface area is 362 Å². The number of hydrogen-bond acceptors (Lipinski definition) is 14. The second-order valence-corrected chi connectivity index (χ2v) is 16.1. The van der Waals surface area contributed by atoms with Crippen LogP contribution in [0.4, 0.5) is 38.4 Å². The third-order valence-electron chi connectivity index (χ3n) is 7.72. The summed E-state index contributed by atoms with van der Waals surface area (Å²) >= 11 is 5.97. The highest BCUT2D eigenvalue weighted by molar-refractivity contribution is 7.90. The van der Waals surface area contributed by atoms with Gasteiger partial charge in [-0.25, -0.2) is 32.0 Å². The van der Waals surface area contributed by atoms with E-state index < -0.39 is 114 Å². The molecule has 1 aliphatic heterocycles. The fraction of sp³-hybridized carbons (Fsp3) is 0.286. The number of amides is 4. The molecule has 0 fully saturated rings. The highest BCUT2D eigenvalue weighted by Crippen LogP contribution is 2.40. The van der Waals surface area contributed by atoms with Crippen LogP contribution in [-0.4, -0.2) is 100 Å². The minimum Gasteiger partial charge on any atom is -0.480 e. The highest BCUT2D eigenvalue weighted by atomic mass is 35.5. The number of imide groups is 1.